The Balaban J connectivity index is 2.13. The SMILES string of the molecule is C[C@H](Oc1ccccc1Cl)c1nnc(N)s1. The molecule has 2 N–H and O–H groups in total. The van der Waals surface area contributed by atoms with Crippen LogP contribution in [0.3, 0.4) is 0 Å². The second-order valence-electron chi connectivity index (χ2n) is 3.17. The Labute approximate surface area is 102 Å². The smallest absolute Gasteiger partial charge is 0.203 e. The zero-order valence-electron chi connectivity index (χ0n) is 8.55. The molecule has 0 unspecified atom stereocenters. The maximum Gasteiger partial charge on any atom is 0.203 e. The maximum atomic E-state index is 5.98. The minimum Gasteiger partial charge on any atom is -0.482 e. The second kappa shape index (κ2) is 4.67. The Hall–Kier alpha value is -1.33. The summed E-state index contributed by atoms with van der Waals surface area (Å²) in [7, 11) is 0. The number of nitrogen functional groups attached to an aromatic ring is 1. The van der Waals surface area contributed by atoms with Crippen LogP contribution in [0, 0.1) is 0 Å². The fourth-order valence-corrected chi connectivity index (χ4v) is 1.96. The van der Waals surface area contributed by atoms with Crippen LogP contribution in [0.25, 0.3) is 0 Å². The molecule has 1 aromatic heterocycles. The third-order valence-electron chi connectivity index (χ3n) is 1.94. The van der Waals surface area contributed by atoms with Crippen LogP contribution in [-0.4, -0.2) is 10.2 Å². The van der Waals surface area contributed by atoms with Gasteiger partial charge in [0.15, 0.2) is 5.01 Å². The Morgan fingerprint density at radius 3 is 2.75 bits per heavy atom. The number of para-hydroxylation sites is 1. The van der Waals surface area contributed by atoms with Crippen LogP contribution < -0.4 is 10.5 Å². The van der Waals surface area contributed by atoms with E-state index in [0.29, 0.717) is 15.9 Å². The zero-order valence-corrected chi connectivity index (χ0v) is 10.1. The van der Waals surface area contributed by atoms with Gasteiger partial charge in [-0.1, -0.05) is 35.1 Å². The lowest BCUT2D eigenvalue weighted by Gasteiger charge is -2.12. The Bertz CT molecular complexity index is 488. The van der Waals surface area contributed by atoms with Crippen LogP contribution in [0.2, 0.25) is 5.02 Å². The molecule has 0 aliphatic carbocycles. The van der Waals surface area contributed by atoms with Crippen molar-refractivity contribution in [3.8, 4) is 5.75 Å². The van der Waals surface area contributed by atoms with Gasteiger partial charge in [0.05, 0.1) is 5.02 Å². The van der Waals surface area contributed by atoms with Gasteiger partial charge in [-0.2, -0.15) is 0 Å². The van der Waals surface area contributed by atoms with E-state index in [1.54, 1.807) is 6.07 Å². The molecule has 0 spiro atoms. The van der Waals surface area contributed by atoms with Crippen LogP contribution in [0.4, 0.5) is 5.13 Å². The number of hydrogen-bond acceptors (Lipinski definition) is 5. The average Bonchev–Trinajstić information content (AvgIpc) is 2.68. The van der Waals surface area contributed by atoms with Gasteiger partial charge in [-0.05, 0) is 19.1 Å². The van der Waals surface area contributed by atoms with E-state index in [1.165, 1.54) is 11.3 Å². The molecule has 6 heteroatoms. The van der Waals surface area contributed by atoms with Crippen molar-refractivity contribution in [1.29, 1.82) is 0 Å². The van der Waals surface area contributed by atoms with E-state index in [-0.39, 0.29) is 6.10 Å². The second-order valence-corrected chi connectivity index (χ2v) is 4.62. The van der Waals surface area contributed by atoms with Gasteiger partial charge in [0.1, 0.15) is 11.9 Å². The van der Waals surface area contributed by atoms with Crippen molar-refractivity contribution in [3.63, 3.8) is 0 Å². The van der Waals surface area contributed by atoms with E-state index in [4.69, 9.17) is 22.1 Å². The summed E-state index contributed by atoms with van der Waals surface area (Å²) < 4.78 is 5.66. The summed E-state index contributed by atoms with van der Waals surface area (Å²) in [6, 6.07) is 7.30. The standard InChI is InChI=1S/C10H10ClN3OS/c1-6(9-13-14-10(12)16-9)15-8-5-3-2-4-7(8)11/h2-6H,1H3,(H2,12,14)/t6-/m0/s1. The highest BCUT2D eigenvalue weighted by atomic mass is 35.5. The number of nitrogens with zero attached hydrogens (tertiary/aromatic N) is 2. The van der Waals surface area contributed by atoms with Gasteiger partial charge in [-0.25, -0.2) is 0 Å². The molecule has 0 amide bonds. The molecule has 0 aliphatic heterocycles. The monoisotopic (exact) mass is 255 g/mol. The Morgan fingerprint density at radius 1 is 1.38 bits per heavy atom. The minimum atomic E-state index is -0.213. The van der Waals surface area contributed by atoms with Crippen LogP contribution >= 0.6 is 22.9 Å². The van der Waals surface area contributed by atoms with Crippen LogP contribution in [0.5, 0.6) is 5.75 Å². The first kappa shape index (κ1) is 11.2. The number of aromatic nitrogens is 2. The number of hydrogen-bond donors (Lipinski definition) is 1. The van der Waals surface area contributed by atoms with Crippen LogP contribution in [0.15, 0.2) is 24.3 Å². The fourth-order valence-electron chi connectivity index (χ4n) is 1.19. The molecule has 0 saturated carbocycles. The van der Waals surface area contributed by atoms with Gasteiger partial charge in [0.25, 0.3) is 0 Å². The van der Waals surface area contributed by atoms with E-state index in [1.807, 2.05) is 25.1 Å². The van der Waals surface area contributed by atoms with Crippen LogP contribution in [-0.2, 0) is 0 Å². The minimum absolute atomic E-state index is 0.213. The third-order valence-corrected chi connectivity index (χ3v) is 3.17. The molecule has 4 nitrogen and oxygen atoms in total. The summed E-state index contributed by atoms with van der Waals surface area (Å²) in [5.74, 6) is 0.630. The lowest BCUT2D eigenvalue weighted by atomic mass is 10.3. The highest BCUT2D eigenvalue weighted by Crippen LogP contribution is 2.29. The maximum absolute atomic E-state index is 5.98. The molecule has 2 rings (SSSR count). The van der Waals surface area contributed by atoms with Crippen molar-refractivity contribution < 1.29 is 4.74 Å². The summed E-state index contributed by atoms with van der Waals surface area (Å²) >= 11 is 7.29. The van der Waals surface area contributed by atoms with E-state index in [0.717, 1.165) is 5.01 Å². The largest absolute Gasteiger partial charge is 0.482 e. The van der Waals surface area contributed by atoms with E-state index in [9.17, 15) is 0 Å². The van der Waals surface area contributed by atoms with E-state index >= 15 is 0 Å². The molecule has 0 fully saturated rings. The first-order valence-electron chi connectivity index (χ1n) is 4.67. The molecular weight excluding hydrogens is 246 g/mol. The summed E-state index contributed by atoms with van der Waals surface area (Å²) in [5, 5.41) is 9.40. The quantitative estimate of drug-likeness (QED) is 0.916. The molecule has 1 aromatic carbocycles. The molecule has 1 atom stereocenters. The van der Waals surface area contributed by atoms with Crippen molar-refractivity contribution in [1.82, 2.24) is 10.2 Å². The van der Waals surface area contributed by atoms with Crippen molar-refractivity contribution in [2.45, 2.75) is 13.0 Å². The Kier molecular flexibility index (Phi) is 3.26. The predicted octanol–water partition coefficient (Wildman–Crippen LogP) is 2.91. The van der Waals surface area contributed by atoms with Gasteiger partial charge in [-0.15, -0.1) is 10.2 Å². The van der Waals surface area contributed by atoms with Gasteiger partial charge in [0, 0.05) is 0 Å². The van der Waals surface area contributed by atoms with E-state index < -0.39 is 0 Å². The van der Waals surface area contributed by atoms with Gasteiger partial charge in [0.2, 0.25) is 5.13 Å². The number of ether oxygens (including phenoxy) is 1. The summed E-state index contributed by atoms with van der Waals surface area (Å²) in [5.41, 5.74) is 5.50. The lowest BCUT2D eigenvalue weighted by Crippen LogP contribution is -2.02. The van der Waals surface area contributed by atoms with Gasteiger partial charge in [-0.3, -0.25) is 0 Å². The number of halogens is 1. The molecule has 0 bridgehead atoms. The van der Waals surface area contributed by atoms with Crippen molar-refractivity contribution in [2.75, 3.05) is 5.73 Å². The summed E-state index contributed by atoms with van der Waals surface area (Å²) in [6.07, 6.45) is -0.213. The van der Waals surface area contributed by atoms with E-state index in [2.05, 4.69) is 10.2 Å². The Morgan fingerprint density at radius 2 is 2.12 bits per heavy atom. The van der Waals surface area contributed by atoms with Crippen LogP contribution in [0.1, 0.15) is 18.0 Å². The molecular formula is C10H10ClN3OS. The molecule has 84 valence electrons. The van der Waals surface area contributed by atoms with Gasteiger partial charge < -0.3 is 10.5 Å². The molecule has 2 aromatic rings. The number of rotatable bonds is 3. The normalized spacial score (nSPS) is 12.4. The molecule has 0 saturated heterocycles. The highest BCUT2D eigenvalue weighted by molar-refractivity contribution is 7.15. The summed E-state index contributed by atoms with van der Waals surface area (Å²) in [4.78, 5) is 0. The first-order valence-corrected chi connectivity index (χ1v) is 5.86. The predicted molar refractivity (Wildman–Crippen MR) is 64.8 cm³/mol. The molecule has 0 aliphatic rings. The summed E-state index contributed by atoms with van der Waals surface area (Å²) in [6.45, 7) is 1.88. The van der Waals surface area contributed by atoms with Crippen molar-refractivity contribution in [2.24, 2.45) is 0 Å². The molecule has 0 radical (unpaired) electrons. The molecule has 1 heterocycles. The molecule has 16 heavy (non-hydrogen) atoms. The van der Waals surface area contributed by atoms with Crippen molar-refractivity contribution >= 4 is 28.1 Å². The highest BCUT2D eigenvalue weighted by Gasteiger charge is 2.13. The third kappa shape index (κ3) is 2.43. The van der Waals surface area contributed by atoms with Crippen molar-refractivity contribution in [3.05, 3.63) is 34.3 Å². The topological polar surface area (TPSA) is 61.0 Å². The van der Waals surface area contributed by atoms with Gasteiger partial charge >= 0.3 is 0 Å². The number of anilines is 1. The lowest BCUT2D eigenvalue weighted by molar-refractivity contribution is 0.225. The average molecular weight is 256 g/mol. The first-order chi connectivity index (χ1) is 7.66. The fraction of sp³-hybridized carbons (Fsp3) is 0.200. The number of nitrogens with two attached hydrogens (primary N) is 1. The zero-order chi connectivity index (χ0) is 11.5. The number of benzene rings is 1.